The Hall–Kier alpha value is -2.37. The summed E-state index contributed by atoms with van der Waals surface area (Å²) in [4.78, 5) is 39.2. The van der Waals surface area contributed by atoms with Crippen LogP contribution in [0.25, 0.3) is 0 Å². The van der Waals surface area contributed by atoms with Gasteiger partial charge in [-0.15, -0.1) is 0 Å². The number of nitrogens with one attached hydrogen (secondary N) is 2. The smallest absolute Gasteiger partial charge is 0.324 e. The first-order valence-electron chi connectivity index (χ1n) is 9.53. The van der Waals surface area contributed by atoms with Crippen molar-refractivity contribution in [2.75, 3.05) is 11.9 Å². The number of hydrogen-bond acceptors (Lipinski definition) is 3. The normalized spacial score (nSPS) is 27.0. The predicted molar refractivity (Wildman–Crippen MR) is 104 cm³/mol. The zero-order chi connectivity index (χ0) is 20.0. The summed E-state index contributed by atoms with van der Waals surface area (Å²) in [7, 11) is 0. The number of urea groups is 1. The van der Waals surface area contributed by atoms with Crippen LogP contribution in [0.4, 0.5) is 10.5 Å². The molecule has 0 bridgehead atoms. The van der Waals surface area contributed by atoms with Crippen LogP contribution in [0.5, 0.6) is 0 Å². The van der Waals surface area contributed by atoms with Crippen LogP contribution >= 0.6 is 0 Å². The van der Waals surface area contributed by atoms with E-state index in [1.807, 2.05) is 32.0 Å². The first kappa shape index (κ1) is 19.4. The van der Waals surface area contributed by atoms with Crippen LogP contribution in [0.3, 0.4) is 0 Å². The second-order valence-electron chi connectivity index (χ2n) is 9.05. The molecule has 2 aliphatic rings. The van der Waals surface area contributed by atoms with E-state index in [0.29, 0.717) is 24.4 Å². The van der Waals surface area contributed by atoms with Gasteiger partial charge in [-0.1, -0.05) is 32.9 Å². The molecule has 1 saturated carbocycles. The molecule has 4 amide bonds. The Morgan fingerprint density at radius 2 is 1.96 bits per heavy atom. The molecule has 1 aromatic rings. The van der Waals surface area contributed by atoms with Gasteiger partial charge in [0.1, 0.15) is 12.1 Å². The number of benzene rings is 1. The summed E-state index contributed by atoms with van der Waals surface area (Å²) < 4.78 is 0. The maximum absolute atomic E-state index is 13.1. The van der Waals surface area contributed by atoms with Crippen LogP contribution in [0.1, 0.15) is 51.2 Å². The Balaban J connectivity index is 1.74. The maximum Gasteiger partial charge on any atom is 0.325 e. The third kappa shape index (κ3) is 3.70. The van der Waals surface area contributed by atoms with Crippen molar-refractivity contribution in [2.45, 2.75) is 59.4 Å². The summed E-state index contributed by atoms with van der Waals surface area (Å²) in [6, 6.07) is 5.18. The fraction of sp³-hybridized carbons (Fsp3) is 0.571. The van der Waals surface area contributed by atoms with Gasteiger partial charge in [-0.05, 0) is 61.6 Å². The molecule has 1 aliphatic carbocycles. The van der Waals surface area contributed by atoms with E-state index in [-0.39, 0.29) is 23.8 Å². The van der Waals surface area contributed by atoms with Crippen molar-refractivity contribution in [2.24, 2.45) is 11.3 Å². The number of hydrogen-bond donors (Lipinski definition) is 2. The van der Waals surface area contributed by atoms with E-state index >= 15 is 0 Å². The highest BCUT2D eigenvalue weighted by molar-refractivity contribution is 6.10. The number of rotatable bonds is 3. The predicted octanol–water partition coefficient (Wildman–Crippen LogP) is 3.38. The molecule has 6 nitrogen and oxygen atoms in total. The Morgan fingerprint density at radius 3 is 2.63 bits per heavy atom. The van der Waals surface area contributed by atoms with Crippen molar-refractivity contribution >= 4 is 23.5 Å². The monoisotopic (exact) mass is 371 g/mol. The van der Waals surface area contributed by atoms with Crippen molar-refractivity contribution < 1.29 is 14.4 Å². The number of imide groups is 1. The van der Waals surface area contributed by atoms with Crippen molar-refractivity contribution in [3.8, 4) is 0 Å². The number of carbonyl (C=O) groups excluding carboxylic acids is 3. The van der Waals surface area contributed by atoms with Crippen LogP contribution in [0.15, 0.2) is 18.2 Å². The van der Waals surface area contributed by atoms with Gasteiger partial charge in [0.15, 0.2) is 0 Å². The molecule has 1 heterocycles. The van der Waals surface area contributed by atoms with E-state index < -0.39 is 11.6 Å². The van der Waals surface area contributed by atoms with Gasteiger partial charge in [0.2, 0.25) is 5.91 Å². The van der Waals surface area contributed by atoms with E-state index in [9.17, 15) is 14.4 Å². The van der Waals surface area contributed by atoms with Gasteiger partial charge in [-0.25, -0.2) is 4.79 Å². The fourth-order valence-corrected chi connectivity index (χ4v) is 4.87. The summed E-state index contributed by atoms with van der Waals surface area (Å²) in [6.07, 6.45) is 2.24. The molecule has 2 N–H and O–H groups in total. The molecular weight excluding hydrogens is 342 g/mol. The topological polar surface area (TPSA) is 78.5 Å². The van der Waals surface area contributed by atoms with Crippen LogP contribution in [-0.2, 0) is 9.59 Å². The van der Waals surface area contributed by atoms with Gasteiger partial charge in [0, 0.05) is 5.69 Å². The van der Waals surface area contributed by atoms with Gasteiger partial charge < -0.3 is 10.6 Å². The molecule has 27 heavy (non-hydrogen) atoms. The van der Waals surface area contributed by atoms with Crippen LogP contribution in [0.2, 0.25) is 0 Å². The van der Waals surface area contributed by atoms with Gasteiger partial charge in [0.25, 0.3) is 5.91 Å². The molecule has 2 atom stereocenters. The van der Waals surface area contributed by atoms with Gasteiger partial charge in [0.05, 0.1) is 0 Å². The summed E-state index contributed by atoms with van der Waals surface area (Å²) >= 11 is 0. The summed E-state index contributed by atoms with van der Waals surface area (Å²) in [5.74, 6) is -0.308. The van der Waals surface area contributed by atoms with Crippen molar-refractivity contribution in [1.82, 2.24) is 10.2 Å². The highest BCUT2D eigenvalue weighted by atomic mass is 16.2. The van der Waals surface area contributed by atoms with Gasteiger partial charge >= 0.3 is 6.03 Å². The van der Waals surface area contributed by atoms with E-state index in [4.69, 9.17) is 0 Å². The van der Waals surface area contributed by atoms with Crippen molar-refractivity contribution in [3.63, 3.8) is 0 Å². The summed E-state index contributed by atoms with van der Waals surface area (Å²) in [6.45, 7) is 9.99. The van der Waals surface area contributed by atoms with E-state index in [0.717, 1.165) is 22.4 Å². The molecule has 0 aromatic heterocycles. The summed E-state index contributed by atoms with van der Waals surface area (Å²) in [5, 5.41) is 5.72. The molecule has 6 heteroatoms. The molecule has 1 spiro atoms. The number of carbonyl (C=O) groups is 3. The number of aryl methyl sites for hydroxylation is 1. The third-order valence-electron chi connectivity index (χ3n) is 5.80. The lowest BCUT2D eigenvalue weighted by Crippen LogP contribution is -2.54. The molecule has 1 aliphatic heterocycles. The Morgan fingerprint density at radius 1 is 1.26 bits per heavy atom. The van der Waals surface area contributed by atoms with Crippen LogP contribution < -0.4 is 10.6 Å². The molecule has 0 radical (unpaired) electrons. The quantitative estimate of drug-likeness (QED) is 0.800. The average molecular weight is 371 g/mol. The largest absolute Gasteiger partial charge is 0.325 e. The number of amides is 4. The maximum atomic E-state index is 13.1. The van der Waals surface area contributed by atoms with Gasteiger partial charge in [-0.2, -0.15) is 0 Å². The first-order chi connectivity index (χ1) is 12.5. The lowest BCUT2D eigenvalue weighted by Gasteiger charge is -2.43. The van der Waals surface area contributed by atoms with Crippen LogP contribution in [0, 0.1) is 25.2 Å². The van der Waals surface area contributed by atoms with E-state index in [2.05, 4.69) is 31.4 Å². The number of anilines is 1. The SMILES string of the molecule is Cc1cccc(NC(=O)CN2C(=O)N[C@@]3(C[C@H](C)CC(C)(C)C3)C2=O)c1C. The minimum absolute atomic E-state index is 0.0302. The highest BCUT2D eigenvalue weighted by Crippen LogP contribution is 2.46. The minimum Gasteiger partial charge on any atom is -0.324 e. The average Bonchev–Trinajstić information content (AvgIpc) is 2.73. The molecular formula is C21H29N3O3. The second kappa shape index (κ2) is 6.66. The lowest BCUT2D eigenvalue weighted by atomic mass is 9.64. The summed E-state index contributed by atoms with van der Waals surface area (Å²) in [5.41, 5.74) is 1.84. The van der Waals surface area contributed by atoms with Crippen LogP contribution in [-0.4, -0.2) is 34.8 Å². The molecule has 1 saturated heterocycles. The molecule has 1 aromatic carbocycles. The first-order valence-corrected chi connectivity index (χ1v) is 9.53. The number of nitrogens with zero attached hydrogens (tertiary/aromatic N) is 1. The minimum atomic E-state index is -0.877. The molecule has 0 unspecified atom stereocenters. The lowest BCUT2D eigenvalue weighted by molar-refractivity contribution is -0.136. The zero-order valence-electron chi connectivity index (χ0n) is 16.8. The Labute approximate surface area is 160 Å². The zero-order valence-corrected chi connectivity index (χ0v) is 16.8. The van der Waals surface area contributed by atoms with Crippen molar-refractivity contribution in [1.29, 1.82) is 0 Å². The third-order valence-corrected chi connectivity index (χ3v) is 5.80. The van der Waals surface area contributed by atoms with E-state index in [1.165, 1.54) is 0 Å². The van der Waals surface area contributed by atoms with Crippen molar-refractivity contribution in [3.05, 3.63) is 29.3 Å². The van der Waals surface area contributed by atoms with Gasteiger partial charge in [-0.3, -0.25) is 14.5 Å². The fourth-order valence-electron chi connectivity index (χ4n) is 4.87. The molecule has 146 valence electrons. The van der Waals surface area contributed by atoms with E-state index in [1.54, 1.807) is 0 Å². The highest BCUT2D eigenvalue weighted by Gasteiger charge is 2.56. The standard InChI is InChI=1S/C21H29N3O3/c1-13-9-20(4,5)12-21(10-13)18(26)24(19(27)23-21)11-17(25)22-16-8-6-7-14(2)15(16)3/h6-8,13H,9-12H2,1-5H3,(H,22,25)(H,23,27)/t13-,21-/m1/s1. The molecule has 3 rings (SSSR count). The Bertz CT molecular complexity index is 802. The molecule has 2 fully saturated rings. The second-order valence-corrected chi connectivity index (χ2v) is 9.05. The Kier molecular flexibility index (Phi) is 4.78.